The molecule has 0 aliphatic carbocycles. The zero-order valence-corrected chi connectivity index (χ0v) is 21.8. The van der Waals surface area contributed by atoms with Gasteiger partial charge in [-0.25, -0.2) is 4.39 Å². The molecule has 0 unspecified atom stereocenters. The van der Waals surface area contributed by atoms with Gasteiger partial charge < -0.3 is 10.6 Å². The second-order valence-corrected chi connectivity index (χ2v) is 9.86. The van der Waals surface area contributed by atoms with Gasteiger partial charge in [-0.1, -0.05) is 84.9 Å². The number of halogens is 1. The fraction of sp³-hybridized carbons (Fsp3) is 0.0303. The third-order valence-electron chi connectivity index (χ3n) is 6.10. The van der Waals surface area contributed by atoms with Gasteiger partial charge in [0, 0.05) is 21.9 Å². The van der Waals surface area contributed by atoms with Crippen molar-refractivity contribution in [3.05, 3.63) is 150 Å². The van der Waals surface area contributed by atoms with E-state index in [1.54, 1.807) is 48.5 Å². The van der Waals surface area contributed by atoms with Gasteiger partial charge in [0.1, 0.15) is 11.5 Å². The number of carbonyl (C=O) groups excluding carboxylic acids is 2. The van der Waals surface area contributed by atoms with Gasteiger partial charge in [-0.05, 0) is 64.4 Å². The number of fused-ring (bicyclic) bond motifs is 1. The predicted octanol–water partition coefficient (Wildman–Crippen LogP) is 7.68. The number of hydrogen-bond donors (Lipinski definition) is 2. The molecular formula is C33H25FN2O2S. The highest BCUT2D eigenvalue weighted by Gasteiger charge is 2.16. The predicted molar refractivity (Wildman–Crippen MR) is 157 cm³/mol. The molecule has 0 aliphatic rings. The van der Waals surface area contributed by atoms with Crippen molar-refractivity contribution in [3.63, 3.8) is 0 Å². The van der Waals surface area contributed by atoms with Crippen LogP contribution < -0.4 is 10.6 Å². The van der Waals surface area contributed by atoms with Crippen LogP contribution >= 0.6 is 11.8 Å². The molecule has 0 radical (unpaired) electrons. The highest BCUT2D eigenvalue weighted by atomic mass is 32.2. The van der Waals surface area contributed by atoms with Crippen LogP contribution in [0.2, 0.25) is 0 Å². The third kappa shape index (κ3) is 6.61. The van der Waals surface area contributed by atoms with Crippen molar-refractivity contribution in [2.75, 3.05) is 5.32 Å². The Bertz CT molecular complexity index is 1660. The Morgan fingerprint density at radius 3 is 2.33 bits per heavy atom. The van der Waals surface area contributed by atoms with Crippen molar-refractivity contribution in [1.82, 2.24) is 5.32 Å². The van der Waals surface area contributed by atoms with Gasteiger partial charge in [0.2, 0.25) is 0 Å². The second kappa shape index (κ2) is 12.2. The summed E-state index contributed by atoms with van der Waals surface area (Å²) >= 11 is 1.47. The Labute approximate surface area is 230 Å². The summed E-state index contributed by atoms with van der Waals surface area (Å²) in [5.41, 5.74) is 2.54. The molecule has 0 saturated heterocycles. The monoisotopic (exact) mass is 532 g/mol. The van der Waals surface area contributed by atoms with Gasteiger partial charge in [-0.3, -0.25) is 9.59 Å². The average Bonchev–Trinajstić information content (AvgIpc) is 2.97. The lowest BCUT2D eigenvalue weighted by Crippen LogP contribution is -2.30. The molecule has 5 aromatic carbocycles. The summed E-state index contributed by atoms with van der Waals surface area (Å²) in [6, 6.07) is 36.5. The third-order valence-corrected chi connectivity index (χ3v) is 7.14. The van der Waals surface area contributed by atoms with Crippen LogP contribution in [0.3, 0.4) is 0 Å². The molecule has 5 aromatic rings. The highest BCUT2D eigenvalue weighted by molar-refractivity contribution is 7.98. The minimum absolute atomic E-state index is 0.115. The zero-order valence-electron chi connectivity index (χ0n) is 20.9. The van der Waals surface area contributed by atoms with Gasteiger partial charge in [0.25, 0.3) is 11.8 Å². The lowest BCUT2D eigenvalue weighted by molar-refractivity contribution is -0.113. The summed E-state index contributed by atoms with van der Waals surface area (Å²) in [6.07, 6.45) is 1.69. The van der Waals surface area contributed by atoms with Gasteiger partial charge in [0.15, 0.2) is 0 Å². The van der Waals surface area contributed by atoms with E-state index in [9.17, 15) is 14.0 Å². The molecule has 2 amide bonds. The number of anilines is 1. The van der Waals surface area contributed by atoms with Gasteiger partial charge in [0.05, 0.1) is 0 Å². The van der Waals surface area contributed by atoms with Crippen molar-refractivity contribution in [2.24, 2.45) is 0 Å². The average molecular weight is 533 g/mol. The maximum Gasteiger partial charge on any atom is 0.272 e. The number of benzene rings is 5. The Balaban J connectivity index is 1.40. The fourth-order valence-corrected chi connectivity index (χ4v) is 5.05. The number of rotatable bonds is 8. The smallest absolute Gasteiger partial charge is 0.272 e. The standard InChI is InChI=1S/C33H25FN2O2S/c34-30-19-7-5-13-26(30)22-39-28-17-9-16-27(21-28)35-33(38)31(36-32(37)24-11-2-1-3-12-24)20-25-15-8-14-23-10-4-6-18-29(23)25/h1-21H,22H2,(H,35,38)(H,36,37)/b31-20-. The molecule has 2 N–H and O–H groups in total. The second-order valence-electron chi connectivity index (χ2n) is 8.81. The number of nitrogens with one attached hydrogen (secondary N) is 2. The first kappa shape index (κ1) is 25.9. The highest BCUT2D eigenvalue weighted by Crippen LogP contribution is 2.27. The minimum atomic E-state index is -0.455. The Kier molecular flexibility index (Phi) is 8.15. The van der Waals surface area contributed by atoms with E-state index in [-0.39, 0.29) is 17.4 Å². The van der Waals surface area contributed by atoms with Crippen molar-refractivity contribution in [3.8, 4) is 0 Å². The molecule has 5 rings (SSSR count). The van der Waals surface area contributed by atoms with Gasteiger partial charge in [-0.15, -0.1) is 11.8 Å². The minimum Gasteiger partial charge on any atom is -0.321 e. The maximum atomic E-state index is 14.0. The Morgan fingerprint density at radius 1 is 0.769 bits per heavy atom. The quantitative estimate of drug-likeness (QED) is 0.159. The SMILES string of the molecule is O=C(Nc1cccc(SCc2ccccc2F)c1)/C(=C/c1cccc2ccccc12)NC(=O)c1ccccc1. The number of amides is 2. The molecule has 0 saturated carbocycles. The fourth-order valence-electron chi connectivity index (χ4n) is 4.11. The first-order valence-electron chi connectivity index (χ1n) is 12.4. The molecular weight excluding hydrogens is 507 g/mol. The van der Waals surface area contributed by atoms with Crippen LogP contribution in [0.25, 0.3) is 16.8 Å². The lowest BCUT2D eigenvalue weighted by Gasteiger charge is -2.13. The van der Waals surface area contributed by atoms with E-state index >= 15 is 0 Å². The van der Waals surface area contributed by atoms with Crippen molar-refractivity contribution < 1.29 is 14.0 Å². The van der Waals surface area contributed by atoms with Crippen LogP contribution in [0, 0.1) is 5.82 Å². The van der Waals surface area contributed by atoms with E-state index in [2.05, 4.69) is 10.6 Å². The van der Waals surface area contributed by atoms with E-state index in [4.69, 9.17) is 0 Å². The summed E-state index contributed by atoms with van der Waals surface area (Å²) in [5.74, 6) is -0.620. The van der Waals surface area contributed by atoms with Crippen LogP contribution in [0.5, 0.6) is 0 Å². The Hall–Kier alpha value is -4.68. The van der Waals surface area contributed by atoms with Crippen LogP contribution in [0.4, 0.5) is 10.1 Å². The normalized spacial score (nSPS) is 11.3. The molecule has 0 fully saturated rings. The summed E-state index contributed by atoms with van der Waals surface area (Å²) < 4.78 is 14.0. The number of hydrogen-bond acceptors (Lipinski definition) is 3. The zero-order chi connectivity index (χ0) is 27.0. The number of carbonyl (C=O) groups is 2. The van der Waals surface area contributed by atoms with Crippen molar-refractivity contribution >= 4 is 46.1 Å². The van der Waals surface area contributed by atoms with E-state index in [1.807, 2.05) is 72.8 Å². The molecule has 0 aromatic heterocycles. The van der Waals surface area contributed by atoms with Gasteiger partial charge in [-0.2, -0.15) is 0 Å². The maximum absolute atomic E-state index is 14.0. The van der Waals surface area contributed by atoms with E-state index < -0.39 is 5.91 Å². The molecule has 0 spiro atoms. The Morgan fingerprint density at radius 2 is 1.49 bits per heavy atom. The van der Waals surface area contributed by atoms with Crippen LogP contribution in [-0.2, 0) is 10.5 Å². The van der Waals surface area contributed by atoms with Crippen LogP contribution in [-0.4, -0.2) is 11.8 Å². The van der Waals surface area contributed by atoms with Crippen LogP contribution in [0.15, 0.2) is 132 Å². The molecule has 0 atom stereocenters. The molecule has 0 bridgehead atoms. The molecule has 4 nitrogen and oxygen atoms in total. The van der Waals surface area contributed by atoms with E-state index in [1.165, 1.54) is 17.8 Å². The van der Waals surface area contributed by atoms with E-state index in [0.29, 0.717) is 22.6 Å². The lowest BCUT2D eigenvalue weighted by atomic mass is 10.0. The molecule has 0 heterocycles. The first-order chi connectivity index (χ1) is 19.1. The summed E-state index contributed by atoms with van der Waals surface area (Å²) in [4.78, 5) is 27.4. The van der Waals surface area contributed by atoms with Gasteiger partial charge >= 0.3 is 0 Å². The first-order valence-corrected chi connectivity index (χ1v) is 13.4. The van der Waals surface area contributed by atoms with Crippen molar-refractivity contribution in [1.29, 1.82) is 0 Å². The molecule has 0 aliphatic heterocycles. The van der Waals surface area contributed by atoms with E-state index in [0.717, 1.165) is 21.2 Å². The summed E-state index contributed by atoms with van der Waals surface area (Å²) in [7, 11) is 0. The molecule has 39 heavy (non-hydrogen) atoms. The molecule has 192 valence electrons. The topological polar surface area (TPSA) is 58.2 Å². The molecule has 6 heteroatoms. The van der Waals surface area contributed by atoms with Crippen LogP contribution in [0.1, 0.15) is 21.5 Å². The van der Waals surface area contributed by atoms with Crippen molar-refractivity contribution in [2.45, 2.75) is 10.6 Å². The summed E-state index contributed by atoms with van der Waals surface area (Å²) in [5, 5.41) is 7.70. The summed E-state index contributed by atoms with van der Waals surface area (Å²) in [6.45, 7) is 0. The largest absolute Gasteiger partial charge is 0.321 e. The number of thioether (sulfide) groups is 1.